The lowest BCUT2D eigenvalue weighted by atomic mass is 10.1. The molecule has 1 saturated heterocycles. The minimum absolute atomic E-state index is 0.0628. The number of hydrogen-bond donors (Lipinski definition) is 1. The molecule has 2 heterocycles. The van der Waals surface area contributed by atoms with Gasteiger partial charge in [0, 0.05) is 30.2 Å². The maximum absolute atomic E-state index is 13.6. The highest BCUT2D eigenvalue weighted by Crippen LogP contribution is 2.24. The van der Waals surface area contributed by atoms with Crippen LogP contribution in [0.15, 0.2) is 24.4 Å². The van der Waals surface area contributed by atoms with Crippen LogP contribution in [0.3, 0.4) is 0 Å². The van der Waals surface area contributed by atoms with Crippen LogP contribution < -0.4 is 0 Å². The molecule has 0 unspecified atom stereocenters. The molecule has 0 bridgehead atoms. The largest absolute Gasteiger partial charge is 0.476 e. The van der Waals surface area contributed by atoms with Crippen LogP contribution in [0, 0.1) is 5.82 Å². The van der Waals surface area contributed by atoms with E-state index in [0.717, 1.165) is 0 Å². The number of nitrogens with zero attached hydrogens (tertiary/aromatic N) is 4. The molecule has 0 aliphatic carbocycles. The van der Waals surface area contributed by atoms with Crippen LogP contribution in [-0.4, -0.2) is 44.1 Å². The van der Waals surface area contributed by atoms with Gasteiger partial charge in [-0.1, -0.05) is 16.8 Å². The van der Waals surface area contributed by atoms with E-state index in [2.05, 4.69) is 10.3 Å². The van der Waals surface area contributed by atoms with Crippen molar-refractivity contribution >= 4 is 17.6 Å². The highest BCUT2D eigenvalue weighted by molar-refractivity contribution is 6.30. The molecular weight excluding hydrogens is 299 g/mol. The number of halogens is 2. The summed E-state index contributed by atoms with van der Waals surface area (Å²) in [5.74, 6) is -1.38. The fraction of sp³-hybridized carbons (Fsp3) is 0.308. The summed E-state index contributed by atoms with van der Waals surface area (Å²) in [5, 5.41) is 16.7. The molecule has 110 valence electrons. The van der Waals surface area contributed by atoms with E-state index in [1.807, 2.05) is 4.90 Å². The molecule has 1 aliphatic heterocycles. The van der Waals surface area contributed by atoms with Gasteiger partial charge in [0.2, 0.25) is 0 Å². The number of aromatic nitrogens is 3. The van der Waals surface area contributed by atoms with E-state index in [-0.39, 0.29) is 17.6 Å². The van der Waals surface area contributed by atoms with Crippen molar-refractivity contribution in [3.05, 3.63) is 46.5 Å². The normalized spacial score (nSPS) is 15.9. The lowest BCUT2D eigenvalue weighted by Gasteiger charge is -2.38. The second kappa shape index (κ2) is 5.42. The lowest BCUT2D eigenvalue weighted by molar-refractivity contribution is 0.0690. The Morgan fingerprint density at radius 1 is 1.48 bits per heavy atom. The predicted octanol–water partition coefficient (Wildman–Crippen LogP) is 1.83. The van der Waals surface area contributed by atoms with E-state index in [1.165, 1.54) is 23.0 Å². The third-order valence-electron chi connectivity index (χ3n) is 3.44. The van der Waals surface area contributed by atoms with Gasteiger partial charge in [-0.05, 0) is 18.2 Å². The summed E-state index contributed by atoms with van der Waals surface area (Å²) in [7, 11) is 0. The van der Waals surface area contributed by atoms with Crippen molar-refractivity contribution in [2.45, 2.75) is 12.6 Å². The molecule has 0 saturated carbocycles. The van der Waals surface area contributed by atoms with E-state index in [1.54, 1.807) is 6.07 Å². The Kier molecular flexibility index (Phi) is 3.60. The summed E-state index contributed by atoms with van der Waals surface area (Å²) >= 11 is 5.86. The molecule has 1 aromatic heterocycles. The standard InChI is InChI=1S/C13H12ClFN4O2/c14-9-1-2-11(15)8(3-9)4-18-5-10(6-18)19-7-12(13(20)21)16-17-19/h1-3,7,10H,4-6H2,(H,20,21). The first-order valence-electron chi connectivity index (χ1n) is 6.34. The van der Waals surface area contributed by atoms with Gasteiger partial charge < -0.3 is 5.11 Å². The number of aromatic carboxylic acids is 1. The molecule has 21 heavy (non-hydrogen) atoms. The first-order chi connectivity index (χ1) is 10.0. The topological polar surface area (TPSA) is 71.2 Å². The van der Waals surface area contributed by atoms with Crippen molar-refractivity contribution in [2.24, 2.45) is 0 Å². The summed E-state index contributed by atoms with van der Waals surface area (Å²) in [4.78, 5) is 12.8. The summed E-state index contributed by atoms with van der Waals surface area (Å²) < 4.78 is 15.2. The van der Waals surface area contributed by atoms with Gasteiger partial charge in [-0.2, -0.15) is 0 Å². The van der Waals surface area contributed by atoms with Crippen molar-refractivity contribution < 1.29 is 14.3 Å². The van der Waals surface area contributed by atoms with E-state index < -0.39 is 5.97 Å². The number of carbonyl (C=O) groups is 1. The van der Waals surface area contributed by atoms with Crippen molar-refractivity contribution in [1.82, 2.24) is 19.9 Å². The predicted molar refractivity (Wildman–Crippen MR) is 72.7 cm³/mol. The first-order valence-corrected chi connectivity index (χ1v) is 6.72. The average Bonchev–Trinajstić information content (AvgIpc) is 2.86. The number of rotatable bonds is 4. The molecule has 1 aromatic carbocycles. The zero-order valence-corrected chi connectivity index (χ0v) is 11.7. The van der Waals surface area contributed by atoms with Crippen molar-refractivity contribution in [3.8, 4) is 0 Å². The molecule has 1 N–H and O–H groups in total. The van der Waals surface area contributed by atoms with Crippen LogP contribution in [0.1, 0.15) is 22.1 Å². The summed E-state index contributed by atoms with van der Waals surface area (Å²) in [6, 6.07) is 4.54. The summed E-state index contributed by atoms with van der Waals surface area (Å²) in [5.41, 5.74) is 0.472. The van der Waals surface area contributed by atoms with Gasteiger partial charge >= 0.3 is 5.97 Å². The third kappa shape index (κ3) is 2.88. The van der Waals surface area contributed by atoms with Crippen LogP contribution in [-0.2, 0) is 6.54 Å². The smallest absolute Gasteiger partial charge is 0.358 e. The minimum atomic E-state index is -1.10. The molecule has 1 fully saturated rings. The Morgan fingerprint density at radius 2 is 2.24 bits per heavy atom. The fourth-order valence-corrected chi connectivity index (χ4v) is 2.49. The Bertz CT molecular complexity index is 685. The number of likely N-dealkylation sites (tertiary alicyclic amines) is 1. The monoisotopic (exact) mass is 310 g/mol. The van der Waals surface area contributed by atoms with E-state index in [4.69, 9.17) is 16.7 Å². The maximum atomic E-state index is 13.6. The minimum Gasteiger partial charge on any atom is -0.476 e. The molecule has 0 amide bonds. The van der Waals surface area contributed by atoms with Gasteiger partial charge in [0.05, 0.1) is 12.2 Å². The Balaban J connectivity index is 1.60. The fourth-order valence-electron chi connectivity index (χ4n) is 2.30. The maximum Gasteiger partial charge on any atom is 0.358 e. The van der Waals surface area contributed by atoms with Crippen LogP contribution in [0.4, 0.5) is 4.39 Å². The second-order valence-corrected chi connectivity index (χ2v) is 5.41. The van der Waals surface area contributed by atoms with Crippen molar-refractivity contribution in [2.75, 3.05) is 13.1 Å². The highest BCUT2D eigenvalue weighted by Gasteiger charge is 2.30. The van der Waals surface area contributed by atoms with Gasteiger partial charge in [0.1, 0.15) is 5.82 Å². The van der Waals surface area contributed by atoms with Gasteiger partial charge in [0.15, 0.2) is 5.69 Å². The Morgan fingerprint density at radius 3 is 2.90 bits per heavy atom. The van der Waals surface area contributed by atoms with Crippen molar-refractivity contribution in [3.63, 3.8) is 0 Å². The van der Waals surface area contributed by atoms with Crippen LogP contribution in [0.2, 0.25) is 5.02 Å². The molecular formula is C13H12ClFN4O2. The molecule has 0 spiro atoms. The zero-order chi connectivity index (χ0) is 15.0. The van der Waals surface area contributed by atoms with Crippen LogP contribution in [0.5, 0.6) is 0 Å². The van der Waals surface area contributed by atoms with Crippen LogP contribution in [0.25, 0.3) is 0 Å². The lowest BCUT2D eigenvalue weighted by Crippen LogP contribution is -2.47. The number of hydrogen-bond acceptors (Lipinski definition) is 4. The summed E-state index contributed by atoms with van der Waals surface area (Å²) in [6.07, 6.45) is 1.41. The quantitative estimate of drug-likeness (QED) is 0.933. The van der Waals surface area contributed by atoms with E-state index in [9.17, 15) is 9.18 Å². The van der Waals surface area contributed by atoms with E-state index >= 15 is 0 Å². The molecule has 0 atom stereocenters. The zero-order valence-electron chi connectivity index (χ0n) is 10.9. The van der Waals surface area contributed by atoms with Crippen molar-refractivity contribution in [1.29, 1.82) is 0 Å². The van der Waals surface area contributed by atoms with E-state index in [0.29, 0.717) is 30.2 Å². The van der Waals surface area contributed by atoms with Gasteiger partial charge in [-0.15, -0.1) is 5.10 Å². The van der Waals surface area contributed by atoms with Gasteiger partial charge in [-0.3, -0.25) is 4.90 Å². The van der Waals surface area contributed by atoms with Gasteiger partial charge in [-0.25, -0.2) is 13.9 Å². The SMILES string of the molecule is O=C(O)c1cn(C2CN(Cc3cc(Cl)ccc3F)C2)nn1. The molecule has 1 aliphatic rings. The highest BCUT2D eigenvalue weighted by atomic mass is 35.5. The van der Waals surface area contributed by atoms with Gasteiger partial charge in [0.25, 0.3) is 0 Å². The molecule has 6 nitrogen and oxygen atoms in total. The third-order valence-corrected chi connectivity index (χ3v) is 3.68. The number of benzene rings is 1. The second-order valence-electron chi connectivity index (χ2n) is 4.97. The Labute approximate surface area is 124 Å². The molecule has 3 rings (SSSR count). The number of carboxylic acids is 1. The first kappa shape index (κ1) is 14.0. The molecule has 0 radical (unpaired) electrons. The Hall–Kier alpha value is -1.99. The van der Waals surface area contributed by atoms with Crippen LogP contribution >= 0.6 is 11.6 Å². The molecule has 8 heteroatoms. The number of carboxylic acid groups (broad SMARTS) is 1. The molecule has 2 aromatic rings. The summed E-state index contributed by atoms with van der Waals surface area (Å²) in [6.45, 7) is 1.78. The average molecular weight is 311 g/mol.